The lowest BCUT2D eigenvalue weighted by Crippen LogP contribution is -2.59. The third-order valence-corrected chi connectivity index (χ3v) is 8.95. The Morgan fingerprint density at radius 3 is 2.59 bits per heavy atom. The summed E-state index contributed by atoms with van der Waals surface area (Å²) in [6.07, 6.45) is 2.43. The maximum atomic E-state index is 14.6. The van der Waals surface area contributed by atoms with Gasteiger partial charge in [0.05, 0.1) is 24.2 Å². The van der Waals surface area contributed by atoms with Crippen LogP contribution in [0, 0.1) is 17.8 Å². The molecule has 0 radical (unpaired) electrons. The van der Waals surface area contributed by atoms with E-state index in [9.17, 15) is 24.6 Å². The molecule has 5 rings (SSSR count). The SMILES string of the molecule is C=CCN(C(=O)C1N([C@@H](CC)CO)C(=O)[C@@H]2[C@H](C(=O)O)[C@@]3(C)OC12CC3C)c1ccc2ccccc2c1. The zero-order chi connectivity index (χ0) is 26.7. The fourth-order valence-electron chi connectivity index (χ4n) is 7.08. The smallest absolute Gasteiger partial charge is 0.310 e. The number of amides is 2. The summed E-state index contributed by atoms with van der Waals surface area (Å²) in [5.74, 6) is -4.14. The van der Waals surface area contributed by atoms with Crippen LogP contribution in [0.25, 0.3) is 10.8 Å². The highest BCUT2D eigenvalue weighted by molar-refractivity contribution is 6.05. The Bertz CT molecular complexity index is 1270. The molecule has 2 aromatic carbocycles. The zero-order valence-corrected chi connectivity index (χ0v) is 21.5. The Balaban J connectivity index is 1.66. The number of carbonyl (C=O) groups excluding carboxylic acids is 2. The number of fused-ring (bicyclic) bond motifs is 2. The molecule has 3 aliphatic heterocycles. The molecule has 0 aromatic heterocycles. The van der Waals surface area contributed by atoms with Crippen LogP contribution >= 0.6 is 0 Å². The molecule has 2 aromatic rings. The van der Waals surface area contributed by atoms with E-state index in [4.69, 9.17) is 4.74 Å². The van der Waals surface area contributed by atoms with Gasteiger partial charge in [-0.1, -0.05) is 50.3 Å². The number of benzene rings is 2. The first-order chi connectivity index (χ1) is 17.6. The molecule has 3 unspecified atom stereocenters. The van der Waals surface area contributed by atoms with Gasteiger partial charge in [0.25, 0.3) is 5.91 Å². The van der Waals surface area contributed by atoms with Gasteiger partial charge in [-0.05, 0) is 48.6 Å². The van der Waals surface area contributed by atoms with Gasteiger partial charge in [-0.2, -0.15) is 0 Å². The van der Waals surface area contributed by atoms with Crippen LogP contribution in [0.3, 0.4) is 0 Å². The van der Waals surface area contributed by atoms with Gasteiger partial charge in [-0.15, -0.1) is 6.58 Å². The van der Waals surface area contributed by atoms with E-state index in [1.165, 1.54) is 4.90 Å². The summed E-state index contributed by atoms with van der Waals surface area (Å²) in [7, 11) is 0. The van der Waals surface area contributed by atoms with E-state index >= 15 is 0 Å². The van der Waals surface area contributed by atoms with Gasteiger partial charge in [0.2, 0.25) is 5.91 Å². The first-order valence-electron chi connectivity index (χ1n) is 12.9. The van der Waals surface area contributed by atoms with Crippen molar-refractivity contribution in [3.05, 3.63) is 55.1 Å². The van der Waals surface area contributed by atoms with Gasteiger partial charge in [0, 0.05) is 12.2 Å². The van der Waals surface area contributed by atoms with E-state index in [0.717, 1.165) is 10.8 Å². The largest absolute Gasteiger partial charge is 0.481 e. The highest BCUT2D eigenvalue weighted by atomic mass is 16.5. The number of carbonyl (C=O) groups is 3. The maximum Gasteiger partial charge on any atom is 0.310 e. The summed E-state index contributed by atoms with van der Waals surface area (Å²) in [6.45, 7) is 9.21. The number of hydrogen-bond acceptors (Lipinski definition) is 5. The van der Waals surface area contributed by atoms with Crippen LogP contribution in [-0.4, -0.2) is 69.3 Å². The second kappa shape index (κ2) is 8.96. The van der Waals surface area contributed by atoms with Gasteiger partial charge in [0.1, 0.15) is 17.6 Å². The summed E-state index contributed by atoms with van der Waals surface area (Å²) < 4.78 is 6.57. The van der Waals surface area contributed by atoms with Crippen LogP contribution in [0.2, 0.25) is 0 Å². The van der Waals surface area contributed by atoms with Crippen LogP contribution in [0.15, 0.2) is 55.1 Å². The molecule has 37 heavy (non-hydrogen) atoms. The Morgan fingerprint density at radius 2 is 1.97 bits per heavy atom. The summed E-state index contributed by atoms with van der Waals surface area (Å²) >= 11 is 0. The second-order valence-corrected chi connectivity index (χ2v) is 10.8. The molecule has 7 atom stereocenters. The number of likely N-dealkylation sites (tertiary alicyclic amines) is 1. The van der Waals surface area contributed by atoms with Gasteiger partial charge in [-0.3, -0.25) is 14.4 Å². The Hall–Kier alpha value is -3.23. The van der Waals surface area contributed by atoms with Gasteiger partial charge in [0.15, 0.2) is 0 Å². The fraction of sp³-hybridized carbons (Fsp3) is 0.483. The molecule has 3 saturated heterocycles. The summed E-state index contributed by atoms with van der Waals surface area (Å²) in [5.41, 5.74) is -1.71. The van der Waals surface area contributed by atoms with Crippen LogP contribution in [0.5, 0.6) is 0 Å². The molecule has 8 heteroatoms. The van der Waals surface area contributed by atoms with Crippen molar-refractivity contribution in [1.29, 1.82) is 0 Å². The van der Waals surface area contributed by atoms with E-state index in [1.54, 1.807) is 17.9 Å². The molecule has 3 aliphatic rings. The molecule has 3 heterocycles. The third kappa shape index (κ3) is 3.45. The van der Waals surface area contributed by atoms with Crippen molar-refractivity contribution < 1.29 is 29.3 Å². The zero-order valence-electron chi connectivity index (χ0n) is 21.5. The predicted octanol–water partition coefficient (Wildman–Crippen LogP) is 3.23. The molecular formula is C29H34N2O6. The second-order valence-electron chi connectivity index (χ2n) is 10.8. The average molecular weight is 507 g/mol. The monoisotopic (exact) mass is 506 g/mol. The first-order valence-corrected chi connectivity index (χ1v) is 12.9. The van der Waals surface area contributed by atoms with E-state index in [0.29, 0.717) is 18.5 Å². The van der Waals surface area contributed by atoms with Crippen LogP contribution < -0.4 is 4.90 Å². The van der Waals surface area contributed by atoms with E-state index in [1.807, 2.05) is 56.3 Å². The van der Waals surface area contributed by atoms with Crippen molar-refractivity contribution in [1.82, 2.24) is 4.90 Å². The molecule has 2 amide bonds. The summed E-state index contributed by atoms with van der Waals surface area (Å²) in [5, 5.41) is 22.4. The lowest BCUT2D eigenvalue weighted by Gasteiger charge is -2.39. The lowest BCUT2D eigenvalue weighted by atomic mass is 9.62. The molecule has 0 saturated carbocycles. The number of aliphatic carboxylic acids is 1. The van der Waals surface area contributed by atoms with Crippen molar-refractivity contribution in [2.24, 2.45) is 17.8 Å². The molecule has 2 N–H and O–H groups in total. The molecular weight excluding hydrogens is 472 g/mol. The Morgan fingerprint density at radius 1 is 1.27 bits per heavy atom. The number of rotatable bonds is 8. The van der Waals surface area contributed by atoms with Crippen LogP contribution in [0.4, 0.5) is 5.69 Å². The number of anilines is 1. The van der Waals surface area contributed by atoms with E-state index in [-0.39, 0.29) is 25.0 Å². The first kappa shape index (κ1) is 25.4. The molecule has 2 bridgehead atoms. The quantitative estimate of drug-likeness (QED) is 0.533. The highest BCUT2D eigenvalue weighted by Crippen LogP contribution is 2.65. The maximum absolute atomic E-state index is 14.6. The normalized spacial score (nSPS) is 33.0. The van der Waals surface area contributed by atoms with Gasteiger partial charge >= 0.3 is 5.97 Å². The third-order valence-electron chi connectivity index (χ3n) is 8.95. The number of ether oxygens (including phenoxy) is 1. The number of carboxylic acid groups (broad SMARTS) is 1. The number of aliphatic hydroxyl groups excluding tert-OH is 1. The topological polar surface area (TPSA) is 107 Å². The predicted molar refractivity (Wildman–Crippen MR) is 139 cm³/mol. The molecule has 0 aliphatic carbocycles. The average Bonchev–Trinajstić information content (AvgIpc) is 3.39. The minimum Gasteiger partial charge on any atom is -0.481 e. The minimum absolute atomic E-state index is 0.171. The van der Waals surface area contributed by atoms with Crippen LogP contribution in [0.1, 0.15) is 33.6 Å². The van der Waals surface area contributed by atoms with E-state index < -0.39 is 47.0 Å². The number of nitrogens with zero attached hydrogens (tertiary/aromatic N) is 2. The van der Waals surface area contributed by atoms with Crippen molar-refractivity contribution >= 4 is 34.2 Å². The minimum atomic E-state index is -1.29. The summed E-state index contributed by atoms with van der Waals surface area (Å²) in [4.78, 5) is 44.0. The van der Waals surface area contributed by atoms with Crippen molar-refractivity contribution in [2.45, 2.75) is 56.9 Å². The number of aliphatic hydroxyl groups is 1. The standard InChI is InChI=1S/C29H34N2O6/c1-5-13-30(21-12-11-18-9-7-8-10-19(18)14-21)26(34)24-29-15-17(3)28(4,37-29)23(27(35)36)22(29)25(33)31(24)20(6-2)16-32/h5,7-12,14,17,20,22-24,32H,1,6,13,15-16H2,2-4H3,(H,35,36)/t17?,20-,22-,23+,24?,28-,29?/m0/s1. The molecule has 3 fully saturated rings. The van der Waals surface area contributed by atoms with Crippen molar-refractivity contribution in [2.75, 3.05) is 18.1 Å². The number of carboxylic acids is 1. The number of hydrogen-bond donors (Lipinski definition) is 2. The Kier molecular flexibility index (Phi) is 6.15. The van der Waals surface area contributed by atoms with Crippen molar-refractivity contribution in [3.63, 3.8) is 0 Å². The van der Waals surface area contributed by atoms with Gasteiger partial charge in [-0.25, -0.2) is 0 Å². The van der Waals surface area contributed by atoms with Crippen molar-refractivity contribution in [3.8, 4) is 0 Å². The summed E-state index contributed by atoms with van der Waals surface area (Å²) in [6, 6.07) is 11.9. The van der Waals surface area contributed by atoms with Crippen LogP contribution in [-0.2, 0) is 19.1 Å². The fourth-order valence-corrected chi connectivity index (χ4v) is 7.08. The molecule has 8 nitrogen and oxygen atoms in total. The van der Waals surface area contributed by atoms with E-state index in [2.05, 4.69) is 6.58 Å². The lowest BCUT2D eigenvalue weighted by molar-refractivity contribution is -0.157. The molecule has 1 spiro atoms. The van der Waals surface area contributed by atoms with Gasteiger partial charge < -0.3 is 24.7 Å². The molecule has 196 valence electrons. The Labute approximate surface area is 216 Å². The highest BCUT2D eigenvalue weighted by Gasteiger charge is 2.80.